The van der Waals surface area contributed by atoms with E-state index in [0.29, 0.717) is 52.4 Å². The number of hydrogen-bond acceptors (Lipinski definition) is 5. The molecule has 9 heteroatoms. The molecule has 0 aromatic heterocycles. The average Bonchev–Trinajstić information content (AvgIpc) is 2.79. The molecule has 1 aromatic rings. The molecule has 0 aliphatic carbocycles. The maximum atomic E-state index is 12.9. The fourth-order valence-electron chi connectivity index (χ4n) is 4.19. The molecule has 31 heavy (non-hydrogen) atoms. The van der Waals surface area contributed by atoms with Crippen molar-refractivity contribution in [3.8, 4) is 0 Å². The van der Waals surface area contributed by atoms with Crippen LogP contribution >= 0.6 is 0 Å². The number of carbonyl (C=O) groups excluding carboxylic acids is 2. The van der Waals surface area contributed by atoms with Crippen LogP contribution in [0.5, 0.6) is 0 Å². The first kappa shape index (κ1) is 22.9. The molecule has 1 N–H and O–H groups in total. The Balaban J connectivity index is 1.42. The molecular formula is C22H32N4O5. The van der Waals surface area contributed by atoms with Crippen molar-refractivity contribution in [2.24, 2.45) is 0 Å². The van der Waals surface area contributed by atoms with E-state index in [2.05, 4.69) is 0 Å². The highest BCUT2D eigenvalue weighted by Gasteiger charge is 2.31. The summed E-state index contributed by atoms with van der Waals surface area (Å²) in [5, 5.41) is 9.05. The average molecular weight is 433 g/mol. The second-order valence-electron chi connectivity index (χ2n) is 7.98. The Morgan fingerprint density at radius 2 is 1.65 bits per heavy atom. The van der Waals surface area contributed by atoms with Gasteiger partial charge in [-0.2, -0.15) is 0 Å². The number of carboxylic acid groups (broad SMARTS) is 1. The second-order valence-corrected chi connectivity index (χ2v) is 7.98. The largest absolute Gasteiger partial charge is 0.465 e. The number of likely N-dealkylation sites (tertiary alicyclic amines) is 1. The van der Waals surface area contributed by atoms with Crippen molar-refractivity contribution in [1.82, 2.24) is 19.6 Å². The molecule has 0 radical (unpaired) electrons. The van der Waals surface area contributed by atoms with Gasteiger partial charge < -0.3 is 24.5 Å². The van der Waals surface area contributed by atoms with Crippen LogP contribution in [0.2, 0.25) is 0 Å². The highest BCUT2D eigenvalue weighted by molar-refractivity contribution is 5.78. The van der Waals surface area contributed by atoms with Gasteiger partial charge in [-0.1, -0.05) is 30.3 Å². The third-order valence-corrected chi connectivity index (χ3v) is 6.03. The van der Waals surface area contributed by atoms with Gasteiger partial charge in [0.15, 0.2) is 0 Å². The molecule has 9 nitrogen and oxygen atoms in total. The predicted octanol–water partition coefficient (Wildman–Crippen LogP) is 1.93. The lowest BCUT2D eigenvalue weighted by Crippen LogP contribution is -2.54. The number of hydrogen-bond donors (Lipinski definition) is 1. The van der Waals surface area contributed by atoms with Crippen LogP contribution in [0.15, 0.2) is 30.3 Å². The second kappa shape index (κ2) is 11.0. The van der Waals surface area contributed by atoms with E-state index < -0.39 is 6.09 Å². The lowest BCUT2D eigenvalue weighted by molar-refractivity contribution is -0.135. The molecule has 3 rings (SSSR count). The summed E-state index contributed by atoms with van der Waals surface area (Å²) < 4.78 is 5.42. The molecule has 0 saturated carbocycles. The number of nitrogens with zero attached hydrogens (tertiary/aromatic N) is 4. The molecule has 2 aliphatic rings. The van der Waals surface area contributed by atoms with Gasteiger partial charge in [0.2, 0.25) is 5.91 Å². The summed E-state index contributed by atoms with van der Waals surface area (Å²) in [6.07, 6.45) is 0.239. The van der Waals surface area contributed by atoms with E-state index in [1.54, 1.807) is 4.90 Å². The number of amides is 3. The Bertz CT molecular complexity index is 744. The van der Waals surface area contributed by atoms with Gasteiger partial charge >= 0.3 is 12.2 Å². The first-order valence-corrected chi connectivity index (χ1v) is 10.9. The Morgan fingerprint density at radius 3 is 2.23 bits per heavy atom. The molecule has 0 unspecified atom stereocenters. The van der Waals surface area contributed by atoms with Crippen LogP contribution < -0.4 is 0 Å². The zero-order valence-corrected chi connectivity index (χ0v) is 18.1. The molecule has 2 aliphatic heterocycles. The smallest absolute Gasteiger partial charge is 0.410 e. The van der Waals surface area contributed by atoms with E-state index >= 15 is 0 Å². The summed E-state index contributed by atoms with van der Waals surface area (Å²) in [6, 6.07) is 9.70. The van der Waals surface area contributed by atoms with Gasteiger partial charge in [0.1, 0.15) is 6.61 Å². The van der Waals surface area contributed by atoms with Gasteiger partial charge in [0.25, 0.3) is 0 Å². The standard InChI is InChI=1S/C22H32N4O5/c1-2-26(20(27)16-23-12-14-24(15-13-23)21(28)29)19-8-10-25(11-9-19)22(30)31-17-18-6-4-3-5-7-18/h3-7,19H,2,8-17H2,1H3,(H,28,29). The van der Waals surface area contributed by atoms with Gasteiger partial charge in [-0.25, -0.2) is 9.59 Å². The summed E-state index contributed by atoms with van der Waals surface area (Å²) in [5.74, 6) is 0.0661. The van der Waals surface area contributed by atoms with Gasteiger partial charge in [-0.05, 0) is 25.3 Å². The summed E-state index contributed by atoms with van der Waals surface area (Å²) in [6.45, 7) is 6.30. The van der Waals surface area contributed by atoms with Crippen molar-refractivity contribution in [2.45, 2.75) is 32.4 Å². The van der Waals surface area contributed by atoms with Crippen LogP contribution in [-0.2, 0) is 16.1 Å². The minimum absolute atomic E-state index is 0.0661. The highest BCUT2D eigenvalue weighted by atomic mass is 16.6. The van der Waals surface area contributed by atoms with Gasteiger partial charge in [0, 0.05) is 51.9 Å². The van der Waals surface area contributed by atoms with Gasteiger partial charge in [-0.3, -0.25) is 9.69 Å². The van der Waals surface area contributed by atoms with Crippen molar-refractivity contribution in [1.29, 1.82) is 0 Å². The quantitative estimate of drug-likeness (QED) is 0.738. The number of piperidine rings is 1. The Hall–Kier alpha value is -2.81. The van der Waals surface area contributed by atoms with Gasteiger partial charge in [-0.15, -0.1) is 0 Å². The van der Waals surface area contributed by atoms with Crippen LogP contribution in [0.4, 0.5) is 9.59 Å². The highest BCUT2D eigenvalue weighted by Crippen LogP contribution is 2.18. The van der Waals surface area contributed by atoms with Crippen LogP contribution in [0.1, 0.15) is 25.3 Å². The number of rotatable bonds is 6. The molecule has 2 heterocycles. The maximum Gasteiger partial charge on any atom is 0.410 e. The Labute approximate surface area is 183 Å². The van der Waals surface area contributed by atoms with Crippen LogP contribution in [-0.4, -0.2) is 101 Å². The van der Waals surface area contributed by atoms with E-state index in [1.165, 1.54) is 4.90 Å². The lowest BCUT2D eigenvalue weighted by atomic mass is 10.0. The van der Waals surface area contributed by atoms with Crippen molar-refractivity contribution >= 4 is 18.1 Å². The van der Waals surface area contributed by atoms with E-state index in [9.17, 15) is 14.4 Å². The van der Waals surface area contributed by atoms with Gasteiger partial charge in [0.05, 0.1) is 6.54 Å². The van der Waals surface area contributed by atoms with E-state index in [1.807, 2.05) is 47.1 Å². The lowest BCUT2D eigenvalue weighted by Gasteiger charge is -2.39. The number of ether oxygens (including phenoxy) is 1. The number of benzene rings is 1. The molecule has 1 aromatic carbocycles. The Morgan fingerprint density at radius 1 is 1.00 bits per heavy atom. The third kappa shape index (κ3) is 6.33. The first-order chi connectivity index (χ1) is 15.0. The van der Waals surface area contributed by atoms with Crippen molar-refractivity contribution in [3.05, 3.63) is 35.9 Å². The fourth-order valence-corrected chi connectivity index (χ4v) is 4.19. The first-order valence-electron chi connectivity index (χ1n) is 10.9. The van der Waals surface area contributed by atoms with Crippen LogP contribution in [0, 0.1) is 0 Å². The molecule has 0 atom stereocenters. The minimum atomic E-state index is -0.907. The van der Waals surface area contributed by atoms with E-state index in [0.717, 1.165) is 18.4 Å². The van der Waals surface area contributed by atoms with E-state index in [-0.39, 0.29) is 24.6 Å². The minimum Gasteiger partial charge on any atom is -0.465 e. The fraction of sp³-hybridized carbons (Fsp3) is 0.591. The SMILES string of the molecule is CCN(C(=O)CN1CCN(C(=O)O)CC1)C1CCN(C(=O)OCc2ccccc2)CC1. The Kier molecular flexibility index (Phi) is 8.11. The topological polar surface area (TPSA) is 93.6 Å². The normalized spacial score (nSPS) is 18.0. The molecule has 0 bridgehead atoms. The number of carbonyl (C=O) groups is 3. The number of likely N-dealkylation sites (N-methyl/N-ethyl adjacent to an activating group) is 1. The molecule has 3 amide bonds. The molecule has 2 saturated heterocycles. The third-order valence-electron chi connectivity index (χ3n) is 6.03. The molecule has 170 valence electrons. The van der Waals surface area contributed by atoms with Crippen LogP contribution in [0.25, 0.3) is 0 Å². The zero-order valence-electron chi connectivity index (χ0n) is 18.1. The summed E-state index contributed by atoms with van der Waals surface area (Å²) in [7, 11) is 0. The van der Waals surface area contributed by atoms with Crippen molar-refractivity contribution in [2.75, 3.05) is 52.4 Å². The summed E-state index contributed by atoms with van der Waals surface area (Å²) in [5.41, 5.74) is 0.956. The molecule has 2 fully saturated rings. The van der Waals surface area contributed by atoms with Crippen LogP contribution in [0.3, 0.4) is 0 Å². The molecular weight excluding hydrogens is 400 g/mol. The van der Waals surface area contributed by atoms with Crippen molar-refractivity contribution in [3.63, 3.8) is 0 Å². The summed E-state index contributed by atoms with van der Waals surface area (Å²) in [4.78, 5) is 43.3. The molecule has 0 spiro atoms. The monoisotopic (exact) mass is 432 g/mol. The maximum absolute atomic E-state index is 12.9. The van der Waals surface area contributed by atoms with E-state index in [4.69, 9.17) is 9.84 Å². The summed E-state index contributed by atoms with van der Waals surface area (Å²) >= 11 is 0. The number of piperazine rings is 1. The predicted molar refractivity (Wildman–Crippen MR) is 115 cm³/mol. The zero-order chi connectivity index (χ0) is 22.2. The van der Waals surface area contributed by atoms with Crippen molar-refractivity contribution < 1.29 is 24.2 Å².